The highest BCUT2D eigenvalue weighted by molar-refractivity contribution is 7.98. The Kier molecular flexibility index (Phi) is 17.5. The van der Waals surface area contributed by atoms with Crippen LogP contribution in [0.5, 0.6) is 0 Å². The normalized spacial score (nSPS) is 18.2. The largest absolute Gasteiger partial charge is 0.416 e. The first-order valence-electron chi connectivity index (χ1n) is 40.6. The Balaban J connectivity index is 0.000000265. The molecule has 97 heavy (non-hydrogen) atoms. The molecule has 0 saturated heterocycles. The first-order chi connectivity index (χ1) is 54.1. The van der Waals surface area contributed by atoms with Gasteiger partial charge in [0, 0.05) is 80.1 Å². The second kappa shape index (κ2) is 33.1. The molecule has 0 aliphatic heterocycles. The Hall–Kier alpha value is -7.92. The standard InChI is InChI=1S/C38H42F4N4O2S.C37H40F4N4O2S/c1-5-44(6-2)18-19-45(22-28-12-16-31(25(3)20-28)29-13-17-33(26(4)21-29)38(40,41)42)35(47)23-46-34-9-7-8-32(34)36(48)43-37(46)49-24-27-10-14-30(39)15-11-27;1-4-43(5-2)18-19-44(22-26-6-10-28(11-7-26)29-12-14-30(15-13-29)37(39,40)41)34(46)23-45-33-21-25(3)20-32(33)35(47)42-36(45)48-24-27-8-16-31(38)17-9-27/h10-17,20-21H,5-9,18-19,22-24H2,1-4H3;6-17,25H,4-5,18-24H2,1-3H3/i10D,11D,12D,13D,14D,15D,16D,17D,20D,21D;8D,9D,16D,17D,20D2,21D2,25D. The summed E-state index contributed by atoms with van der Waals surface area (Å²) in [5.74, 6) is -7.04. The Morgan fingerprint density at radius 3 is 1.56 bits per heavy atom. The van der Waals surface area contributed by atoms with Gasteiger partial charge in [-0.3, -0.25) is 19.2 Å². The monoisotopic (exact) mass is 1390 g/mol. The number of halogens is 8. The third-order valence-corrected chi connectivity index (χ3v) is 18.2. The van der Waals surface area contributed by atoms with Crippen molar-refractivity contribution in [3.63, 3.8) is 0 Å². The van der Waals surface area contributed by atoms with Gasteiger partial charge >= 0.3 is 12.4 Å². The van der Waals surface area contributed by atoms with Crippen LogP contribution in [-0.2, 0) is 85.2 Å². The van der Waals surface area contributed by atoms with Crippen molar-refractivity contribution >= 4 is 35.3 Å². The molecule has 0 fully saturated rings. The number of carbonyl (C=O) groups is 2. The van der Waals surface area contributed by atoms with Crippen molar-refractivity contribution in [2.45, 2.75) is 141 Å². The highest BCUT2D eigenvalue weighted by Gasteiger charge is 2.34. The van der Waals surface area contributed by atoms with E-state index in [1.807, 2.05) is 32.6 Å². The Morgan fingerprint density at radius 1 is 0.567 bits per heavy atom. The van der Waals surface area contributed by atoms with Crippen LogP contribution in [0.25, 0.3) is 22.3 Å². The van der Waals surface area contributed by atoms with Gasteiger partial charge in [-0.15, -0.1) is 0 Å². The minimum absolute atomic E-state index is 0.0219. The number of rotatable bonds is 26. The van der Waals surface area contributed by atoms with Gasteiger partial charge < -0.3 is 28.7 Å². The van der Waals surface area contributed by atoms with E-state index in [2.05, 4.69) is 14.9 Å². The smallest absolute Gasteiger partial charge is 0.336 e. The SMILES string of the molecule is [2H]c1c([2H])c(CSc2nc(=O)c3c(n2CC(=O)N(CCN(CC)CC)Cc2c([2H])c([2H])c(-c4c([2H])c([2H])c(C(F)(F)F)c(C)c4[2H])c(C)c2[2H])CCC3)c([2H])c([2H])c1F.[2H]c1c([2H])c(CSc2nc(=O)c3c(n2CC(=O)N(CCN(CC)CC)Cc2ccc(-c4ccc(C(F)(F)F)cc4)cc2)C([2H])([2H])C([2H])(C)C3([2H])[2H])c([2H])c([2H])c1F. The number of hydrogen-bond donors (Lipinski definition) is 0. The van der Waals surface area contributed by atoms with Crippen LogP contribution in [0.1, 0.15) is 134 Å². The van der Waals surface area contributed by atoms with Crippen LogP contribution in [0.3, 0.4) is 0 Å². The number of hydrogen-bond acceptors (Lipinski definition) is 10. The van der Waals surface area contributed by atoms with Crippen LogP contribution in [0.2, 0.25) is 0 Å². The number of nitrogens with zero attached hydrogens (tertiary/aromatic N) is 8. The maximum Gasteiger partial charge on any atom is 0.416 e. The zero-order valence-electron chi connectivity index (χ0n) is 73.2. The fraction of sp³-hybridized carbons (Fsp3) is 0.387. The molecule has 10 rings (SSSR count). The average Bonchev–Trinajstić information content (AvgIpc) is 1.52. The summed E-state index contributed by atoms with van der Waals surface area (Å²) < 4.78 is 273. The third-order valence-electron chi connectivity index (χ3n) is 16.2. The lowest BCUT2D eigenvalue weighted by Crippen LogP contribution is -2.40. The fourth-order valence-electron chi connectivity index (χ4n) is 10.9. The number of carbonyl (C=O) groups excluding carboxylic acids is 2. The zero-order valence-corrected chi connectivity index (χ0v) is 55.8. The molecule has 514 valence electrons. The predicted octanol–water partition coefficient (Wildman–Crippen LogP) is 15.3. The number of aromatic nitrogens is 4. The van der Waals surface area contributed by atoms with Crippen LogP contribution in [-0.4, -0.2) is 103 Å². The lowest BCUT2D eigenvalue weighted by atomic mass is 9.95. The van der Waals surface area contributed by atoms with Gasteiger partial charge in [-0.05, 0) is 176 Å². The topological polar surface area (TPSA) is 117 Å². The van der Waals surface area contributed by atoms with Crippen LogP contribution >= 0.6 is 23.5 Å². The molecular formula is C75H82F8N8O4S2. The van der Waals surface area contributed by atoms with Gasteiger partial charge in [0.05, 0.1) is 30.3 Å². The predicted molar refractivity (Wildman–Crippen MR) is 367 cm³/mol. The molecule has 12 nitrogen and oxygen atoms in total. The van der Waals surface area contributed by atoms with Gasteiger partial charge in [-0.2, -0.15) is 36.3 Å². The van der Waals surface area contributed by atoms with Crippen molar-refractivity contribution < 1.29 is 70.8 Å². The van der Waals surface area contributed by atoms with E-state index in [0.717, 1.165) is 42.3 Å². The number of amides is 2. The summed E-state index contributed by atoms with van der Waals surface area (Å²) in [6.45, 7) is 13.3. The van der Waals surface area contributed by atoms with Crippen molar-refractivity contribution in [2.24, 2.45) is 5.89 Å². The number of thioether (sulfide) groups is 2. The van der Waals surface area contributed by atoms with Crippen molar-refractivity contribution in [1.29, 1.82) is 0 Å². The van der Waals surface area contributed by atoms with Gasteiger partial charge in [-0.25, -0.2) is 8.78 Å². The second-order valence-corrected chi connectivity index (χ2v) is 24.6. The number of likely N-dealkylation sites (N-methyl/N-ethyl adjacent to an activating group) is 2. The number of benzene rings is 6. The molecule has 0 bridgehead atoms. The molecule has 1 unspecified atom stereocenters. The van der Waals surface area contributed by atoms with Crippen molar-refractivity contribution in [3.05, 3.63) is 232 Å². The van der Waals surface area contributed by atoms with Gasteiger partial charge in [0.1, 0.15) is 24.7 Å². The number of alkyl halides is 6. The van der Waals surface area contributed by atoms with Crippen LogP contribution in [0.4, 0.5) is 35.1 Å². The molecule has 8 aromatic rings. The summed E-state index contributed by atoms with van der Waals surface area (Å²) in [5.41, 5.74) is -4.42. The van der Waals surface area contributed by atoms with E-state index in [0.29, 0.717) is 98.2 Å². The summed E-state index contributed by atoms with van der Waals surface area (Å²) in [5, 5.41) is -0.280. The summed E-state index contributed by atoms with van der Waals surface area (Å²) in [4.78, 5) is 70.8. The molecular weight excluding hydrogens is 1290 g/mol. The van der Waals surface area contributed by atoms with Gasteiger partial charge in [0.25, 0.3) is 11.1 Å². The maximum absolute atomic E-state index is 14.5. The molecule has 0 saturated carbocycles. The molecule has 2 aliphatic rings. The first kappa shape index (κ1) is 51.3. The van der Waals surface area contributed by atoms with E-state index >= 15 is 0 Å². The third kappa shape index (κ3) is 19.3. The molecule has 2 aliphatic carbocycles. The summed E-state index contributed by atoms with van der Waals surface area (Å²) in [7, 11) is 0. The summed E-state index contributed by atoms with van der Waals surface area (Å²) >= 11 is 1.53. The Morgan fingerprint density at radius 2 is 1.05 bits per heavy atom. The first-order valence-corrected chi connectivity index (χ1v) is 33.1. The van der Waals surface area contributed by atoms with Crippen molar-refractivity contribution in [3.8, 4) is 22.3 Å². The Labute approximate surface area is 596 Å². The summed E-state index contributed by atoms with van der Waals surface area (Å²) in [6, 6.07) is 0.974. The summed E-state index contributed by atoms with van der Waals surface area (Å²) in [6.07, 6.45) is -13.8. The molecule has 0 radical (unpaired) electrons. The molecule has 0 spiro atoms. The van der Waals surface area contributed by atoms with E-state index in [4.69, 9.17) is 26.0 Å². The van der Waals surface area contributed by atoms with Gasteiger partial charge in [0.15, 0.2) is 10.3 Å². The maximum atomic E-state index is 14.5. The van der Waals surface area contributed by atoms with E-state index in [-0.39, 0.29) is 82.6 Å². The molecule has 2 heterocycles. The lowest BCUT2D eigenvalue weighted by Gasteiger charge is -2.28. The molecule has 6 aromatic carbocycles. The highest BCUT2D eigenvalue weighted by Crippen LogP contribution is 2.37. The van der Waals surface area contributed by atoms with E-state index < -0.39 is 190 Å². The van der Waals surface area contributed by atoms with Crippen molar-refractivity contribution in [2.75, 3.05) is 52.4 Å². The molecule has 0 N–H and O–H groups in total. The van der Waals surface area contributed by atoms with Gasteiger partial charge in [-0.1, -0.05) is 149 Å². The van der Waals surface area contributed by atoms with E-state index in [1.165, 1.54) is 28.9 Å². The number of fused-ring (bicyclic) bond motifs is 2. The molecule has 2 amide bonds. The second-order valence-electron chi connectivity index (χ2n) is 22.7. The Bertz CT molecular complexity index is 5150. The van der Waals surface area contributed by atoms with Crippen LogP contribution in [0, 0.1) is 31.4 Å². The molecule has 2 aromatic heterocycles. The fourth-order valence-corrected chi connectivity index (χ4v) is 12.6. The van der Waals surface area contributed by atoms with Gasteiger partial charge in [0.2, 0.25) is 11.8 Å². The van der Waals surface area contributed by atoms with Crippen LogP contribution < -0.4 is 11.1 Å². The van der Waals surface area contributed by atoms with Crippen molar-refractivity contribution in [1.82, 2.24) is 38.7 Å². The lowest BCUT2D eigenvalue weighted by molar-refractivity contribution is -0.138. The highest BCUT2D eigenvalue weighted by atomic mass is 32.2. The minimum atomic E-state index is -5.03. The molecule has 1 atom stereocenters. The van der Waals surface area contributed by atoms with Crippen LogP contribution in [0.15, 0.2) is 153 Å². The van der Waals surface area contributed by atoms with E-state index in [9.17, 15) is 54.3 Å². The minimum Gasteiger partial charge on any atom is -0.336 e. The average molecular weight is 1390 g/mol. The van der Waals surface area contributed by atoms with E-state index in [1.54, 1.807) is 28.8 Å². The zero-order chi connectivity index (χ0) is 86.4. The molecule has 22 heteroatoms. The quantitative estimate of drug-likeness (QED) is 0.0295.